The van der Waals surface area contributed by atoms with Crippen LogP contribution in [0.15, 0.2) is 34.1 Å². The van der Waals surface area contributed by atoms with Crippen LogP contribution in [0.25, 0.3) is 0 Å². The summed E-state index contributed by atoms with van der Waals surface area (Å²) in [5.74, 6) is 0.0312. The molecule has 212 valence electrons. The molecule has 11 N–H and O–H groups in total. The molecule has 2 aliphatic rings. The highest BCUT2D eigenvalue weighted by Crippen LogP contribution is 2.38. The first-order valence-corrected chi connectivity index (χ1v) is 12.3. The Labute approximate surface area is 212 Å². The number of aliphatic hydroxyl groups excluding tert-OH is 5. The van der Waals surface area contributed by atoms with Crippen LogP contribution < -0.4 is 22.8 Å². The number of anilines is 2. The molecule has 0 aliphatic carbocycles. The van der Waals surface area contributed by atoms with Crippen LogP contribution in [-0.2, 0) is 18.6 Å². The highest BCUT2D eigenvalue weighted by atomic mass is 31.2. The van der Waals surface area contributed by atoms with E-state index in [0.717, 1.165) is 9.13 Å². The minimum atomic E-state index is -4.74. The Hall–Kier alpha value is -2.81. The molecule has 4 rings (SSSR count). The van der Waals surface area contributed by atoms with Gasteiger partial charge in [0.2, 0.25) is 0 Å². The van der Waals surface area contributed by atoms with E-state index in [2.05, 4.69) is 14.5 Å². The number of hydrogen-bond donors (Lipinski definition) is 9. The van der Waals surface area contributed by atoms with Crippen LogP contribution in [0.1, 0.15) is 12.5 Å². The fourth-order valence-corrected chi connectivity index (χ4v) is 3.96. The van der Waals surface area contributed by atoms with Gasteiger partial charge in [-0.1, -0.05) is 0 Å². The summed E-state index contributed by atoms with van der Waals surface area (Å²) in [5, 5.41) is 47.8. The molecule has 0 unspecified atom stereocenters. The Morgan fingerprint density at radius 2 is 1.26 bits per heavy atom. The summed E-state index contributed by atoms with van der Waals surface area (Å²) in [5.41, 5.74) is 9.15. The van der Waals surface area contributed by atoms with Crippen molar-refractivity contribution in [2.45, 2.75) is 49.1 Å². The molecule has 0 amide bonds. The highest BCUT2D eigenvalue weighted by Gasteiger charge is 2.45. The first-order chi connectivity index (χ1) is 17.7. The minimum Gasteiger partial charge on any atom is -0.394 e. The maximum absolute atomic E-state index is 11.6. The van der Waals surface area contributed by atoms with Crippen molar-refractivity contribution >= 4 is 19.5 Å². The molecule has 19 nitrogen and oxygen atoms in total. The van der Waals surface area contributed by atoms with Gasteiger partial charge >= 0.3 is 19.2 Å². The average molecular weight is 566 g/mol. The molecule has 4 heterocycles. The van der Waals surface area contributed by atoms with Crippen LogP contribution in [0.4, 0.5) is 11.6 Å². The number of nitrogens with zero attached hydrogens (tertiary/aromatic N) is 4. The normalized spacial score (nSPS) is 31.1. The van der Waals surface area contributed by atoms with Gasteiger partial charge in [0.1, 0.15) is 48.3 Å². The molecule has 0 aromatic carbocycles. The third-order valence-electron chi connectivity index (χ3n) is 5.51. The maximum Gasteiger partial charge on any atom is 0.469 e. The Morgan fingerprint density at radius 3 is 1.63 bits per heavy atom. The van der Waals surface area contributed by atoms with Crippen molar-refractivity contribution in [2.75, 3.05) is 24.7 Å². The monoisotopic (exact) mass is 566 g/mol. The minimum absolute atomic E-state index is 0.0225. The lowest BCUT2D eigenvalue weighted by Gasteiger charge is -2.16. The highest BCUT2D eigenvalue weighted by molar-refractivity contribution is 7.46. The standard InChI is InChI=1S/C9H14N3O8P.C9H13N3O5/c10-5-1-2-12(9(15)11-5)8-7(14)6(13)4(20-8)3-19-21(16,17)18;10-5-1-2-12(9(16)11-5)8-7(15)6(14)4(3-13)17-8/h1-2,4,6-8,13-14H,3H2,(H2,10,11,15)(H2,16,17,18);1-2,4,6-8,13-15H,3H2,(H2,10,11,16)/t2*4-,6-,7-,8-/m11/s1. The number of hydrogen-bond acceptors (Lipinski definition) is 15. The second-order valence-corrected chi connectivity index (χ2v) is 9.39. The lowest BCUT2D eigenvalue weighted by molar-refractivity contribution is -0.0549. The predicted molar refractivity (Wildman–Crippen MR) is 123 cm³/mol. The number of phosphoric ester groups is 1. The summed E-state index contributed by atoms with van der Waals surface area (Å²) in [4.78, 5) is 47.3. The van der Waals surface area contributed by atoms with E-state index in [4.69, 9.17) is 35.8 Å². The van der Waals surface area contributed by atoms with Gasteiger partial charge in [0.05, 0.1) is 13.2 Å². The fourth-order valence-electron chi connectivity index (χ4n) is 3.62. The molecule has 2 fully saturated rings. The van der Waals surface area contributed by atoms with Gasteiger partial charge < -0.3 is 56.3 Å². The van der Waals surface area contributed by atoms with Crippen molar-refractivity contribution in [1.82, 2.24) is 19.1 Å². The van der Waals surface area contributed by atoms with E-state index in [9.17, 15) is 34.6 Å². The van der Waals surface area contributed by atoms with Crippen molar-refractivity contribution < 1.29 is 53.9 Å². The number of nitrogen functional groups attached to an aromatic ring is 2. The molecule has 38 heavy (non-hydrogen) atoms. The molecule has 0 bridgehead atoms. The Balaban J connectivity index is 0.000000215. The van der Waals surface area contributed by atoms with Gasteiger partial charge in [0.25, 0.3) is 0 Å². The van der Waals surface area contributed by atoms with E-state index in [1.165, 1.54) is 24.5 Å². The van der Waals surface area contributed by atoms with E-state index < -0.39 is 81.5 Å². The number of nitrogens with two attached hydrogens (primary N) is 2. The number of ether oxygens (including phenoxy) is 2. The number of aromatic nitrogens is 4. The SMILES string of the molecule is Nc1ccn([C@@H]2O[C@H](CO)[C@@H](O)[C@H]2O)c(=O)n1.Nc1ccn([C@@H]2O[C@H](COP(=O)(O)O)[C@@H](O)[C@H]2O)c(=O)n1. The molecule has 2 saturated heterocycles. The molecule has 0 radical (unpaired) electrons. The molecule has 8 atom stereocenters. The van der Waals surface area contributed by atoms with Crippen LogP contribution in [0.3, 0.4) is 0 Å². The smallest absolute Gasteiger partial charge is 0.394 e. The Bertz CT molecular complexity index is 1270. The van der Waals surface area contributed by atoms with Crippen molar-refractivity contribution in [1.29, 1.82) is 0 Å². The van der Waals surface area contributed by atoms with Crippen molar-refractivity contribution in [3.63, 3.8) is 0 Å². The van der Waals surface area contributed by atoms with Crippen LogP contribution >= 0.6 is 7.82 Å². The summed E-state index contributed by atoms with van der Waals surface area (Å²) in [6.45, 7) is -1.11. The maximum atomic E-state index is 11.6. The van der Waals surface area contributed by atoms with Crippen LogP contribution in [0, 0.1) is 0 Å². The summed E-state index contributed by atoms with van der Waals surface area (Å²) < 4.78 is 27.1. The van der Waals surface area contributed by atoms with Gasteiger partial charge in [-0.25, -0.2) is 14.2 Å². The van der Waals surface area contributed by atoms with Crippen molar-refractivity contribution in [2.24, 2.45) is 0 Å². The first kappa shape index (κ1) is 29.7. The molecule has 2 aliphatic heterocycles. The lowest BCUT2D eigenvalue weighted by atomic mass is 10.1. The van der Waals surface area contributed by atoms with E-state index in [0.29, 0.717) is 0 Å². The Kier molecular flexibility index (Phi) is 9.34. The van der Waals surface area contributed by atoms with E-state index in [-0.39, 0.29) is 11.6 Å². The summed E-state index contributed by atoms with van der Waals surface area (Å²) in [6.07, 6.45) is -7.54. The van der Waals surface area contributed by atoms with Gasteiger partial charge in [-0.3, -0.25) is 13.7 Å². The van der Waals surface area contributed by atoms with E-state index in [1.54, 1.807) is 0 Å². The van der Waals surface area contributed by atoms with Gasteiger partial charge in [-0.2, -0.15) is 9.97 Å². The van der Waals surface area contributed by atoms with Gasteiger partial charge in [-0.15, -0.1) is 0 Å². The number of rotatable bonds is 6. The largest absolute Gasteiger partial charge is 0.469 e. The molecule has 2 aromatic rings. The fraction of sp³-hybridized carbons (Fsp3) is 0.556. The molecular weight excluding hydrogens is 539 g/mol. The van der Waals surface area contributed by atoms with Crippen molar-refractivity contribution in [3.05, 3.63) is 45.5 Å². The molecule has 0 saturated carbocycles. The third-order valence-corrected chi connectivity index (χ3v) is 6.00. The van der Waals surface area contributed by atoms with Gasteiger partial charge in [-0.05, 0) is 12.1 Å². The first-order valence-electron chi connectivity index (χ1n) is 10.8. The van der Waals surface area contributed by atoms with Crippen LogP contribution in [0.5, 0.6) is 0 Å². The number of phosphoric acid groups is 1. The summed E-state index contributed by atoms with van der Waals surface area (Å²) in [7, 11) is -4.74. The van der Waals surface area contributed by atoms with E-state index in [1.807, 2.05) is 0 Å². The predicted octanol–water partition coefficient (Wildman–Crippen LogP) is -5.01. The van der Waals surface area contributed by atoms with Crippen LogP contribution in [0.2, 0.25) is 0 Å². The second kappa shape index (κ2) is 11.9. The lowest BCUT2D eigenvalue weighted by Crippen LogP contribution is -2.36. The zero-order valence-corrected chi connectivity index (χ0v) is 20.2. The van der Waals surface area contributed by atoms with E-state index >= 15 is 0 Å². The number of aliphatic hydroxyl groups is 5. The third kappa shape index (κ3) is 6.79. The second-order valence-electron chi connectivity index (χ2n) is 8.15. The zero-order chi connectivity index (χ0) is 28.4. The zero-order valence-electron chi connectivity index (χ0n) is 19.3. The van der Waals surface area contributed by atoms with Crippen molar-refractivity contribution in [3.8, 4) is 0 Å². The molecule has 2 aromatic heterocycles. The quantitative estimate of drug-likeness (QED) is 0.148. The Morgan fingerprint density at radius 1 is 0.842 bits per heavy atom. The molecular formula is C18H27N6O13P. The van der Waals surface area contributed by atoms with Gasteiger partial charge in [0.15, 0.2) is 12.5 Å². The summed E-state index contributed by atoms with van der Waals surface area (Å²) in [6, 6.07) is 2.67. The summed E-state index contributed by atoms with van der Waals surface area (Å²) >= 11 is 0. The molecule has 0 spiro atoms. The topological polar surface area (TPSA) is 308 Å². The molecule has 20 heteroatoms. The van der Waals surface area contributed by atoms with Gasteiger partial charge in [0, 0.05) is 12.4 Å². The van der Waals surface area contributed by atoms with Crippen LogP contribution in [-0.4, -0.2) is 104 Å². The average Bonchev–Trinajstić information content (AvgIpc) is 3.28.